The summed E-state index contributed by atoms with van der Waals surface area (Å²) >= 11 is 1.42. The van der Waals surface area contributed by atoms with E-state index in [0.717, 1.165) is 11.4 Å². The predicted molar refractivity (Wildman–Crippen MR) is 75.5 cm³/mol. The first-order chi connectivity index (χ1) is 9.01. The van der Waals surface area contributed by atoms with Crippen LogP contribution in [0.4, 0.5) is 5.13 Å². The smallest absolute Gasteiger partial charge is 0.275 e. The lowest BCUT2D eigenvalue weighted by molar-refractivity contribution is 0.101. The third-order valence-corrected chi connectivity index (χ3v) is 3.63. The SMILES string of the molecule is CNC(C)c1csc(NC(=O)c2cc(C)nn2C)n1. The summed E-state index contributed by atoms with van der Waals surface area (Å²) in [6.07, 6.45) is 0. The van der Waals surface area contributed by atoms with Crippen LogP contribution in [0.2, 0.25) is 0 Å². The molecule has 0 aromatic carbocycles. The van der Waals surface area contributed by atoms with Crippen LogP contribution in [0.5, 0.6) is 0 Å². The van der Waals surface area contributed by atoms with Crippen molar-refractivity contribution in [2.24, 2.45) is 7.05 Å². The van der Waals surface area contributed by atoms with Crippen LogP contribution >= 0.6 is 11.3 Å². The lowest BCUT2D eigenvalue weighted by Gasteiger charge is -2.05. The van der Waals surface area contributed by atoms with Crippen molar-refractivity contribution < 1.29 is 4.79 Å². The molecular weight excluding hydrogens is 262 g/mol. The molecular formula is C12H17N5OS. The van der Waals surface area contributed by atoms with E-state index >= 15 is 0 Å². The Morgan fingerprint density at radius 2 is 2.26 bits per heavy atom. The van der Waals surface area contributed by atoms with Gasteiger partial charge in [0.25, 0.3) is 5.91 Å². The Morgan fingerprint density at radius 1 is 1.53 bits per heavy atom. The molecule has 0 fully saturated rings. The molecule has 102 valence electrons. The lowest BCUT2D eigenvalue weighted by atomic mass is 10.3. The van der Waals surface area contributed by atoms with Gasteiger partial charge in [-0.1, -0.05) is 0 Å². The van der Waals surface area contributed by atoms with Gasteiger partial charge in [-0.3, -0.25) is 14.8 Å². The highest BCUT2D eigenvalue weighted by Crippen LogP contribution is 2.20. The molecule has 0 saturated carbocycles. The van der Waals surface area contributed by atoms with Crippen LogP contribution in [-0.4, -0.2) is 27.7 Å². The van der Waals surface area contributed by atoms with E-state index in [9.17, 15) is 4.79 Å². The lowest BCUT2D eigenvalue weighted by Crippen LogP contribution is -2.16. The van der Waals surface area contributed by atoms with Crippen molar-refractivity contribution in [1.82, 2.24) is 20.1 Å². The van der Waals surface area contributed by atoms with Crippen molar-refractivity contribution in [3.05, 3.63) is 28.5 Å². The van der Waals surface area contributed by atoms with Crippen molar-refractivity contribution in [3.8, 4) is 0 Å². The molecule has 2 N–H and O–H groups in total. The molecule has 0 radical (unpaired) electrons. The normalized spacial score (nSPS) is 12.4. The van der Waals surface area contributed by atoms with Crippen LogP contribution < -0.4 is 10.6 Å². The third-order valence-electron chi connectivity index (χ3n) is 2.85. The summed E-state index contributed by atoms with van der Waals surface area (Å²) < 4.78 is 1.56. The van der Waals surface area contributed by atoms with Crippen LogP contribution in [-0.2, 0) is 7.05 Å². The van der Waals surface area contributed by atoms with Gasteiger partial charge in [-0.15, -0.1) is 11.3 Å². The van der Waals surface area contributed by atoms with Gasteiger partial charge in [0, 0.05) is 18.5 Å². The second-order valence-corrected chi connectivity index (χ2v) is 5.19. The molecule has 2 heterocycles. The number of anilines is 1. The first-order valence-corrected chi connectivity index (χ1v) is 6.84. The fourth-order valence-corrected chi connectivity index (χ4v) is 2.47. The van der Waals surface area contributed by atoms with Gasteiger partial charge in [0.1, 0.15) is 5.69 Å². The fraction of sp³-hybridized carbons (Fsp3) is 0.417. The Bertz CT molecular complexity index is 589. The Labute approximate surface area is 115 Å². The average molecular weight is 279 g/mol. The van der Waals surface area contributed by atoms with E-state index in [-0.39, 0.29) is 11.9 Å². The van der Waals surface area contributed by atoms with E-state index in [1.54, 1.807) is 17.8 Å². The second-order valence-electron chi connectivity index (χ2n) is 4.34. The molecule has 2 rings (SSSR count). The zero-order valence-corrected chi connectivity index (χ0v) is 12.2. The summed E-state index contributed by atoms with van der Waals surface area (Å²) in [4.78, 5) is 16.5. The number of carbonyl (C=O) groups is 1. The molecule has 1 amide bonds. The summed E-state index contributed by atoms with van der Waals surface area (Å²) in [5.41, 5.74) is 2.26. The van der Waals surface area contributed by atoms with E-state index in [1.165, 1.54) is 11.3 Å². The molecule has 2 aromatic rings. The van der Waals surface area contributed by atoms with Gasteiger partial charge in [0.05, 0.1) is 11.4 Å². The van der Waals surface area contributed by atoms with E-state index in [2.05, 4.69) is 20.7 Å². The molecule has 0 aliphatic heterocycles. The molecule has 7 heteroatoms. The quantitative estimate of drug-likeness (QED) is 0.894. The Kier molecular flexibility index (Phi) is 3.96. The number of amides is 1. The number of aromatic nitrogens is 3. The largest absolute Gasteiger partial charge is 0.312 e. The van der Waals surface area contributed by atoms with Gasteiger partial charge in [0.2, 0.25) is 0 Å². The minimum absolute atomic E-state index is 0.167. The zero-order valence-electron chi connectivity index (χ0n) is 11.4. The summed E-state index contributed by atoms with van der Waals surface area (Å²) in [7, 11) is 3.62. The highest BCUT2D eigenvalue weighted by molar-refractivity contribution is 7.14. The number of hydrogen-bond acceptors (Lipinski definition) is 5. The van der Waals surface area contributed by atoms with Gasteiger partial charge in [-0.05, 0) is 27.0 Å². The molecule has 0 bridgehead atoms. The first-order valence-electron chi connectivity index (χ1n) is 5.96. The van der Waals surface area contributed by atoms with Gasteiger partial charge < -0.3 is 5.32 Å². The molecule has 19 heavy (non-hydrogen) atoms. The third kappa shape index (κ3) is 2.99. The first kappa shape index (κ1) is 13.7. The minimum atomic E-state index is -0.193. The van der Waals surface area contributed by atoms with Gasteiger partial charge in [-0.2, -0.15) is 5.10 Å². The maximum Gasteiger partial charge on any atom is 0.275 e. The Balaban J connectivity index is 2.11. The van der Waals surface area contributed by atoms with Crippen LogP contribution in [0.15, 0.2) is 11.4 Å². The van der Waals surface area contributed by atoms with Crippen molar-refractivity contribution in [3.63, 3.8) is 0 Å². The summed E-state index contributed by atoms with van der Waals surface area (Å²) in [6.45, 7) is 3.87. The van der Waals surface area contributed by atoms with Gasteiger partial charge in [-0.25, -0.2) is 4.98 Å². The van der Waals surface area contributed by atoms with Gasteiger partial charge in [0.15, 0.2) is 5.13 Å². The Morgan fingerprint density at radius 3 is 2.84 bits per heavy atom. The number of hydrogen-bond donors (Lipinski definition) is 2. The molecule has 2 aromatic heterocycles. The highest BCUT2D eigenvalue weighted by Gasteiger charge is 2.14. The number of aryl methyl sites for hydroxylation is 2. The van der Waals surface area contributed by atoms with E-state index < -0.39 is 0 Å². The second kappa shape index (κ2) is 5.50. The molecule has 0 aliphatic carbocycles. The van der Waals surface area contributed by atoms with Crippen LogP contribution in [0.3, 0.4) is 0 Å². The number of carbonyl (C=O) groups excluding carboxylic acids is 1. The fourth-order valence-electron chi connectivity index (χ4n) is 1.67. The molecule has 0 saturated heterocycles. The molecule has 1 atom stereocenters. The van der Waals surface area contributed by atoms with E-state index in [4.69, 9.17) is 0 Å². The van der Waals surface area contributed by atoms with Crippen molar-refractivity contribution >= 4 is 22.4 Å². The molecule has 0 spiro atoms. The van der Waals surface area contributed by atoms with Gasteiger partial charge >= 0.3 is 0 Å². The summed E-state index contributed by atoms with van der Waals surface area (Å²) in [5, 5.41) is 12.6. The van der Waals surface area contributed by atoms with Crippen molar-refractivity contribution in [2.75, 3.05) is 12.4 Å². The van der Waals surface area contributed by atoms with Crippen molar-refractivity contribution in [1.29, 1.82) is 0 Å². The maximum atomic E-state index is 12.1. The summed E-state index contributed by atoms with van der Waals surface area (Å²) in [5.74, 6) is -0.193. The summed E-state index contributed by atoms with van der Waals surface area (Å²) in [6, 6.07) is 1.92. The Hall–Kier alpha value is -1.73. The highest BCUT2D eigenvalue weighted by atomic mass is 32.1. The average Bonchev–Trinajstić information content (AvgIpc) is 2.95. The molecule has 6 nitrogen and oxygen atoms in total. The van der Waals surface area contributed by atoms with E-state index in [0.29, 0.717) is 10.8 Å². The molecule has 1 unspecified atom stereocenters. The zero-order chi connectivity index (χ0) is 14.0. The van der Waals surface area contributed by atoms with Crippen LogP contribution in [0.1, 0.15) is 34.8 Å². The molecule has 0 aliphatic rings. The number of nitrogens with one attached hydrogen (secondary N) is 2. The number of thiazole rings is 1. The predicted octanol–water partition coefficient (Wildman–Crippen LogP) is 1.72. The topological polar surface area (TPSA) is 71.8 Å². The minimum Gasteiger partial charge on any atom is -0.312 e. The van der Waals surface area contributed by atoms with E-state index in [1.807, 2.05) is 26.3 Å². The number of nitrogens with zero attached hydrogens (tertiary/aromatic N) is 3. The van der Waals surface area contributed by atoms with Crippen LogP contribution in [0.25, 0.3) is 0 Å². The number of rotatable bonds is 4. The van der Waals surface area contributed by atoms with Crippen LogP contribution in [0, 0.1) is 6.92 Å². The monoisotopic (exact) mass is 279 g/mol. The maximum absolute atomic E-state index is 12.1. The van der Waals surface area contributed by atoms with Crippen molar-refractivity contribution in [2.45, 2.75) is 19.9 Å². The standard InChI is InChI=1S/C12H17N5OS/c1-7-5-10(17(4)16-7)11(18)15-12-14-9(6-19-12)8(2)13-3/h5-6,8,13H,1-4H3,(H,14,15,18).